The van der Waals surface area contributed by atoms with Crippen molar-refractivity contribution in [3.8, 4) is 11.5 Å². The van der Waals surface area contributed by atoms with Crippen molar-refractivity contribution >= 4 is 28.1 Å². The summed E-state index contributed by atoms with van der Waals surface area (Å²) in [6.45, 7) is 2.13. The first kappa shape index (κ1) is 17.0. The van der Waals surface area contributed by atoms with E-state index in [1.165, 1.54) is 0 Å². The number of anilines is 1. The van der Waals surface area contributed by atoms with Gasteiger partial charge in [-0.05, 0) is 24.6 Å². The van der Waals surface area contributed by atoms with Crippen LogP contribution in [0.5, 0.6) is 11.5 Å². The van der Waals surface area contributed by atoms with Crippen LogP contribution in [-0.2, 0) is 4.79 Å². The third-order valence-electron chi connectivity index (χ3n) is 4.65. The molecule has 0 amide bonds. The van der Waals surface area contributed by atoms with Crippen molar-refractivity contribution in [1.29, 1.82) is 0 Å². The first-order chi connectivity index (χ1) is 13.0. The molecule has 1 aromatic heterocycles. The molecule has 4 rings (SSSR count). The summed E-state index contributed by atoms with van der Waals surface area (Å²) in [7, 11) is 3.16. The van der Waals surface area contributed by atoms with Gasteiger partial charge in [0, 0.05) is 18.2 Å². The average Bonchev–Trinajstić information content (AvgIpc) is 3.20. The Labute approximate surface area is 156 Å². The molecule has 7 heteroatoms. The van der Waals surface area contributed by atoms with Gasteiger partial charge in [-0.3, -0.25) is 4.79 Å². The second-order valence-electron chi connectivity index (χ2n) is 6.45. The van der Waals surface area contributed by atoms with Gasteiger partial charge in [-0.1, -0.05) is 6.07 Å². The lowest BCUT2D eigenvalue weighted by Gasteiger charge is -2.20. The Morgan fingerprint density at radius 2 is 1.81 bits per heavy atom. The number of ketones is 1. The molecule has 2 aromatic carbocycles. The maximum absolute atomic E-state index is 12.7. The van der Waals surface area contributed by atoms with Crippen molar-refractivity contribution in [1.82, 2.24) is 9.97 Å². The quantitative estimate of drug-likeness (QED) is 0.739. The van der Waals surface area contributed by atoms with Gasteiger partial charge < -0.3 is 25.1 Å². The Balaban J connectivity index is 1.79. The molecule has 0 atom stereocenters. The van der Waals surface area contributed by atoms with Crippen molar-refractivity contribution in [2.75, 3.05) is 25.7 Å². The van der Waals surface area contributed by atoms with Crippen molar-refractivity contribution in [3.63, 3.8) is 0 Å². The smallest absolute Gasteiger partial charge is 0.189 e. The second kappa shape index (κ2) is 6.35. The zero-order chi connectivity index (χ0) is 19.1. The molecule has 1 aliphatic heterocycles. The molecule has 1 aliphatic rings. The van der Waals surface area contributed by atoms with E-state index in [-0.39, 0.29) is 12.3 Å². The third kappa shape index (κ3) is 2.87. The summed E-state index contributed by atoms with van der Waals surface area (Å²) in [5, 5.41) is 0. The normalized spacial score (nSPS) is 14.3. The molecule has 3 N–H and O–H groups in total. The van der Waals surface area contributed by atoms with E-state index in [4.69, 9.17) is 15.2 Å². The molecule has 0 aliphatic carbocycles. The molecular weight excluding hydrogens is 344 g/mol. The predicted octanol–water partition coefficient (Wildman–Crippen LogP) is 2.61. The van der Waals surface area contributed by atoms with Crippen molar-refractivity contribution < 1.29 is 14.3 Å². The highest BCUT2D eigenvalue weighted by Gasteiger charge is 2.32. The fourth-order valence-corrected chi connectivity index (χ4v) is 3.25. The third-order valence-corrected chi connectivity index (χ3v) is 4.65. The van der Waals surface area contributed by atoms with Crippen LogP contribution in [0, 0.1) is 6.92 Å². The minimum atomic E-state index is -0.0925. The molecular formula is C20H20N4O3. The van der Waals surface area contributed by atoms with Crippen molar-refractivity contribution in [3.05, 3.63) is 53.6 Å². The van der Waals surface area contributed by atoms with Crippen LogP contribution in [-0.4, -0.2) is 36.5 Å². The standard InChI is InChI=1S/C20H20N4O3/c1-11-4-5-15-16(6-11)23-20(22-15)18-17(25)10-24(19(18)21)12-7-13(26-2)9-14(8-12)27-3/h4-9H,10,21H2,1-3H3,(H,22,23). The Morgan fingerprint density at radius 1 is 1.11 bits per heavy atom. The number of nitrogens with one attached hydrogen (secondary N) is 1. The van der Waals surface area contributed by atoms with Gasteiger partial charge in [0.05, 0.1) is 37.5 Å². The van der Waals surface area contributed by atoms with Crippen molar-refractivity contribution in [2.45, 2.75) is 6.92 Å². The van der Waals surface area contributed by atoms with Gasteiger partial charge in [-0.25, -0.2) is 4.98 Å². The monoisotopic (exact) mass is 364 g/mol. The minimum absolute atomic E-state index is 0.0925. The van der Waals surface area contributed by atoms with E-state index in [1.54, 1.807) is 25.2 Å². The number of carbonyl (C=O) groups excluding carboxylic acids is 1. The van der Waals surface area contributed by atoms with Crippen LogP contribution >= 0.6 is 0 Å². The number of benzene rings is 2. The fraction of sp³-hybridized carbons (Fsp3) is 0.200. The topological polar surface area (TPSA) is 93.5 Å². The molecule has 138 valence electrons. The highest BCUT2D eigenvalue weighted by molar-refractivity contribution is 6.26. The number of Topliss-reactive ketones (excluding diaryl/α,β-unsaturated/α-hetero) is 1. The zero-order valence-electron chi connectivity index (χ0n) is 15.4. The van der Waals surface area contributed by atoms with Crippen LogP contribution in [0.2, 0.25) is 0 Å². The summed E-state index contributed by atoms with van der Waals surface area (Å²) in [4.78, 5) is 22.2. The second-order valence-corrected chi connectivity index (χ2v) is 6.45. The van der Waals surface area contributed by atoms with Crippen LogP contribution < -0.4 is 20.1 Å². The first-order valence-corrected chi connectivity index (χ1v) is 8.50. The number of methoxy groups -OCH3 is 2. The Bertz CT molecular complexity index is 1060. The average molecular weight is 364 g/mol. The number of fused-ring (bicyclic) bond motifs is 1. The molecule has 0 saturated carbocycles. The van der Waals surface area contributed by atoms with Gasteiger partial charge in [0.15, 0.2) is 5.78 Å². The lowest BCUT2D eigenvalue weighted by atomic mass is 10.2. The molecule has 0 saturated heterocycles. The predicted molar refractivity (Wildman–Crippen MR) is 104 cm³/mol. The van der Waals surface area contributed by atoms with Crippen LogP contribution in [0.15, 0.2) is 42.2 Å². The van der Waals surface area contributed by atoms with Crippen LogP contribution in [0.1, 0.15) is 11.4 Å². The molecule has 3 aromatic rings. The highest BCUT2D eigenvalue weighted by Crippen LogP contribution is 2.34. The SMILES string of the molecule is COc1cc(OC)cc(N2CC(=O)C(c3nc4cc(C)ccc4[nH]3)=C2N)c1. The maximum atomic E-state index is 12.7. The summed E-state index contributed by atoms with van der Waals surface area (Å²) in [6, 6.07) is 11.3. The number of nitrogens with zero attached hydrogens (tertiary/aromatic N) is 2. The summed E-state index contributed by atoms with van der Waals surface area (Å²) in [5.41, 5.74) is 10.2. The van der Waals surface area contributed by atoms with E-state index in [0.29, 0.717) is 28.7 Å². The number of hydrogen-bond donors (Lipinski definition) is 2. The van der Waals surface area contributed by atoms with E-state index in [9.17, 15) is 4.79 Å². The van der Waals surface area contributed by atoms with Crippen LogP contribution in [0.3, 0.4) is 0 Å². The lowest BCUT2D eigenvalue weighted by Crippen LogP contribution is -2.25. The lowest BCUT2D eigenvalue weighted by molar-refractivity contribution is -0.112. The summed E-state index contributed by atoms with van der Waals surface area (Å²) in [6.07, 6.45) is 0. The first-order valence-electron chi connectivity index (χ1n) is 8.50. The number of aryl methyl sites for hydroxylation is 1. The number of H-pyrrole nitrogens is 1. The van der Waals surface area contributed by atoms with Crippen LogP contribution in [0.25, 0.3) is 16.6 Å². The largest absolute Gasteiger partial charge is 0.497 e. The number of imidazole rings is 1. The number of hydrogen-bond acceptors (Lipinski definition) is 6. The van der Waals surface area contributed by atoms with E-state index < -0.39 is 0 Å². The molecule has 0 spiro atoms. The van der Waals surface area contributed by atoms with Gasteiger partial charge in [0.2, 0.25) is 0 Å². The van der Waals surface area contributed by atoms with Gasteiger partial charge in [0.25, 0.3) is 0 Å². The summed E-state index contributed by atoms with van der Waals surface area (Å²) >= 11 is 0. The maximum Gasteiger partial charge on any atom is 0.189 e. The minimum Gasteiger partial charge on any atom is -0.497 e. The summed E-state index contributed by atoms with van der Waals surface area (Å²) < 4.78 is 10.6. The molecule has 7 nitrogen and oxygen atoms in total. The van der Waals surface area contributed by atoms with E-state index >= 15 is 0 Å². The van der Waals surface area contributed by atoms with Crippen LogP contribution in [0.4, 0.5) is 5.69 Å². The highest BCUT2D eigenvalue weighted by atomic mass is 16.5. The van der Waals surface area contributed by atoms with Crippen molar-refractivity contribution in [2.24, 2.45) is 5.73 Å². The Hall–Kier alpha value is -3.48. The van der Waals surface area contributed by atoms with Gasteiger partial charge >= 0.3 is 0 Å². The van der Waals surface area contributed by atoms with Gasteiger partial charge in [0.1, 0.15) is 28.7 Å². The molecule has 27 heavy (non-hydrogen) atoms. The number of aromatic nitrogens is 2. The number of ether oxygens (including phenoxy) is 2. The Kier molecular flexibility index (Phi) is 3.99. The number of nitrogens with two attached hydrogens (primary N) is 1. The van der Waals surface area contributed by atoms with E-state index in [0.717, 1.165) is 22.3 Å². The molecule has 0 fully saturated rings. The van der Waals surface area contributed by atoms with E-state index in [1.807, 2.05) is 37.3 Å². The molecule has 2 heterocycles. The molecule has 0 bridgehead atoms. The molecule has 0 radical (unpaired) electrons. The van der Waals surface area contributed by atoms with Gasteiger partial charge in [-0.15, -0.1) is 0 Å². The Morgan fingerprint density at radius 3 is 2.48 bits per heavy atom. The number of aromatic amines is 1. The van der Waals surface area contributed by atoms with E-state index in [2.05, 4.69) is 9.97 Å². The van der Waals surface area contributed by atoms with Gasteiger partial charge in [-0.2, -0.15) is 0 Å². The molecule has 0 unspecified atom stereocenters. The number of carbonyl (C=O) groups is 1. The zero-order valence-corrected chi connectivity index (χ0v) is 15.4. The fourth-order valence-electron chi connectivity index (χ4n) is 3.25. The number of rotatable bonds is 4. The summed E-state index contributed by atoms with van der Waals surface area (Å²) in [5.74, 6) is 1.99.